The Balaban J connectivity index is 1.83. The first-order valence-electron chi connectivity index (χ1n) is 6.80. The summed E-state index contributed by atoms with van der Waals surface area (Å²) in [5.74, 6) is -0.118. The highest BCUT2D eigenvalue weighted by Crippen LogP contribution is 2.33. The number of hydrogen-bond donors (Lipinski definition) is 2. The van der Waals surface area contributed by atoms with E-state index in [-0.39, 0.29) is 35.5 Å². The number of amides is 1. The number of rotatable bonds is 3. The van der Waals surface area contributed by atoms with Crippen molar-refractivity contribution in [3.63, 3.8) is 0 Å². The number of carbonyl (C=O) groups is 1. The number of nitrogens with one attached hydrogen (secondary N) is 1. The number of aliphatic hydroxyl groups is 1. The molecule has 21 heavy (non-hydrogen) atoms. The van der Waals surface area contributed by atoms with Gasteiger partial charge in [0.25, 0.3) is 11.5 Å². The van der Waals surface area contributed by atoms with E-state index in [1.165, 1.54) is 12.3 Å². The second kappa shape index (κ2) is 5.83. The van der Waals surface area contributed by atoms with Gasteiger partial charge in [-0.05, 0) is 34.5 Å². The van der Waals surface area contributed by atoms with Gasteiger partial charge >= 0.3 is 0 Å². The zero-order valence-electron chi connectivity index (χ0n) is 11.4. The van der Waals surface area contributed by atoms with Crippen LogP contribution in [0.25, 0.3) is 0 Å². The van der Waals surface area contributed by atoms with Crippen molar-refractivity contribution in [1.29, 1.82) is 0 Å². The van der Waals surface area contributed by atoms with E-state index in [2.05, 4.69) is 10.4 Å². The fourth-order valence-electron chi connectivity index (χ4n) is 2.85. The molecule has 1 fully saturated rings. The SMILES string of the molecule is O=C(c1ccc[nH]c1=O)N1C[C@@H](CO)[C@H](c2ccsc2)C1. The number of thiophene rings is 1. The van der Waals surface area contributed by atoms with Crippen molar-refractivity contribution in [1.82, 2.24) is 9.88 Å². The van der Waals surface area contributed by atoms with Crippen molar-refractivity contribution in [2.45, 2.75) is 5.92 Å². The van der Waals surface area contributed by atoms with Gasteiger partial charge in [-0.2, -0.15) is 11.3 Å². The first-order valence-corrected chi connectivity index (χ1v) is 7.75. The number of pyridine rings is 1. The van der Waals surface area contributed by atoms with Gasteiger partial charge in [0.1, 0.15) is 5.56 Å². The number of carbonyl (C=O) groups excluding carboxylic acids is 1. The van der Waals surface area contributed by atoms with Crippen molar-refractivity contribution >= 4 is 17.2 Å². The standard InChI is InChI=1S/C15H16N2O3S/c18-8-11-6-17(7-13(11)10-3-5-21-9-10)15(20)12-2-1-4-16-14(12)19/h1-5,9,11,13,18H,6-8H2,(H,16,19)/t11-,13-/m0/s1. The van der Waals surface area contributed by atoms with Gasteiger partial charge in [-0.3, -0.25) is 9.59 Å². The second-order valence-corrected chi connectivity index (χ2v) is 6.01. The molecule has 1 aliphatic rings. The van der Waals surface area contributed by atoms with Crippen LogP contribution in [0.15, 0.2) is 40.0 Å². The lowest BCUT2D eigenvalue weighted by Gasteiger charge is -2.15. The van der Waals surface area contributed by atoms with Crippen LogP contribution in [0.5, 0.6) is 0 Å². The highest BCUT2D eigenvalue weighted by atomic mass is 32.1. The zero-order valence-corrected chi connectivity index (χ0v) is 12.2. The maximum absolute atomic E-state index is 12.5. The van der Waals surface area contributed by atoms with Crippen molar-refractivity contribution in [3.8, 4) is 0 Å². The number of H-pyrrole nitrogens is 1. The van der Waals surface area contributed by atoms with Crippen LogP contribution in [0.2, 0.25) is 0 Å². The van der Waals surface area contributed by atoms with Crippen molar-refractivity contribution in [3.05, 3.63) is 56.6 Å². The molecule has 5 nitrogen and oxygen atoms in total. The van der Waals surface area contributed by atoms with Gasteiger partial charge in [-0.15, -0.1) is 0 Å². The van der Waals surface area contributed by atoms with Crippen LogP contribution in [0.1, 0.15) is 21.8 Å². The van der Waals surface area contributed by atoms with Crippen LogP contribution in [-0.4, -0.2) is 40.6 Å². The highest BCUT2D eigenvalue weighted by Gasteiger charge is 2.36. The molecule has 0 aliphatic carbocycles. The average molecular weight is 304 g/mol. The van der Waals surface area contributed by atoms with Crippen LogP contribution in [0.4, 0.5) is 0 Å². The van der Waals surface area contributed by atoms with Gasteiger partial charge in [0.15, 0.2) is 0 Å². The molecule has 0 aromatic carbocycles. The molecule has 2 aromatic heterocycles. The molecular weight excluding hydrogens is 288 g/mol. The Labute approximate surface area is 125 Å². The van der Waals surface area contributed by atoms with Gasteiger partial charge in [-0.1, -0.05) is 0 Å². The van der Waals surface area contributed by atoms with Crippen LogP contribution in [-0.2, 0) is 0 Å². The molecule has 2 atom stereocenters. The fourth-order valence-corrected chi connectivity index (χ4v) is 3.57. The monoisotopic (exact) mass is 304 g/mol. The van der Waals surface area contributed by atoms with Gasteiger partial charge in [0.05, 0.1) is 0 Å². The molecule has 0 radical (unpaired) electrons. The van der Waals surface area contributed by atoms with E-state index >= 15 is 0 Å². The predicted octanol–water partition coefficient (Wildman–Crippen LogP) is 1.28. The smallest absolute Gasteiger partial charge is 0.260 e. The van der Waals surface area contributed by atoms with Gasteiger partial charge in [0.2, 0.25) is 0 Å². The second-order valence-electron chi connectivity index (χ2n) is 5.23. The van der Waals surface area contributed by atoms with Crippen LogP contribution in [0, 0.1) is 5.92 Å². The molecule has 2 N–H and O–H groups in total. The summed E-state index contributed by atoms with van der Waals surface area (Å²) in [4.78, 5) is 28.4. The van der Waals surface area contributed by atoms with E-state index in [9.17, 15) is 14.7 Å². The molecule has 1 aliphatic heterocycles. The quantitative estimate of drug-likeness (QED) is 0.897. The number of likely N-dealkylation sites (tertiary alicyclic amines) is 1. The maximum atomic E-state index is 12.5. The molecule has 110 valence electrons. The molecule has 2 aromatic rings. The molecule has 3 heterocycles. The Hall–Kier alpha value is -1.92. The van der Waals surface area contributed by atoms with Crippen LogP contribution < -0.4 is 5.56 Å². The van der Waals surface area contributed by atoms with Gasteiger partial charge < -0.3 is 15.0 Å². The van der Waals surface area contributed by atoms with Crippen molar-refractivity contribution < 1.29 is 9.90 Å². The minimum Gasteiger partial charge on any atom is -0.396 e. The highest BCUT2D eigenvalue weighted by molar-refractivity contribution is 7.08. The zero-order chi connectivity index (χ0) is 14.8. The molecule has 0 spiro atoms. The first-order chi connectivity index (χ1) is 10.2. The topological polar surface area (TPSA) is 73.4 Å². The van der Waals surface area contributed by atoms with E-state index in [0.29, 0.717) is 13.1 Å². The third kappa shape index (κ3) is 2.64. The predicted molar refractivity (Wildman–Crippen MR) is 80.6 cm³/mol. The molecule has 1 saturated heterocycles. The fraction of sp³-hybridized carbons (Fsp3) is 0.333. The lowest BCUT2D eigenvalue weighted by molar-refractivity contribution is 0.0779. The minimum atomic E-state index is -0.373. The summed E-state index contributed by atoms with van der Waals surface area (Å²) in [7, 11) is 0. The summed E-state index contributed by atoms with van der Waals surface area (Å²) in [6.07, 6.45) is 1.51. The van der Waals surface area contributed by atoms with Crippen LogP contribution in [0.3, 0.4) is 0 Å². The summed E-state index contributed by atoms with van der Waals surface area (Å²) in [5.41, 5.74) is 0.929. The normalized spacial score (nSPS) is 21.7. The number of aromatic nitrogens is 1. The van der Waals surface area contributed by atoms with E-state index < -0.39 is 0 Å². The van der Waals surface area contributed by atoms with E-state index in [4.69, 9.17) is 0 Å². The Morgan fingerprint density at radius 3 is 2.95 bits per heavy atom. The average Bonchev–Trinajstić information content (AvgIpc) is 3.15. The van der Waals surface area contributed by atoms with Gasteiger partial charge in [0, 0.05) is 37.7 Å². The number of hydrogen-bond acceptors (Lipinski definition) is 4. The van der Waals surface area contributed by atoms with Crippen molar-refractivity contribution in [2.24, 2.45) is 5.92 Å². The van der Waals surface area contributed by atoms with E-state index in [1.54, 1.807) is 22.3 Å². The largest absolute Gasteiger partial charge is 0.396 e. The van der Waals surface area contributed by atoms with Gasteiger partial charge in [-0.25, -0.2) is 0 Å². The first kappa shape index (κ1) is 14.0. The Kier molecular flexibility index (Phi) is 3.90. The molecule has 1 amide bonds. The van der Waals surface area contributed by atoms with E-state index in [0.717, 1.165) is 5.56 Å². The Morgan fingerprint density at radius 1 is 1.43 bits per heavy atom. The van der Waals surface area contributed by atoms with Crippen LogP contribution >= 0.6 is 11.3 Å². The summed E-state index contributed by atoms with van der Waals surface area (Å²) >= 11 is 1.61. The van der Waals surface area contributed by atoms with Crippen molar-refractivity contribution in [2.75, 3.05) is 19.7 Å². The maximum Gasteiger partial charge on any atom is 0.260 e. The summed E-state index contributed by atoms with van der Waals surface area (Å²) in [6.45, 7) is 1.05. The molecular formula is C15H16N2O3S. The lowest BCUT2D eigenvalue weighted by atomic mass is 9.92. The van der Waals surface area contributed by atoms with E-state index in [1.807, 2.05) is 11.4 Å². The number of aromatic amines is 1. The Morgan fingerprint density at radius 2 is 2.29 bits per heavy atom. The molecule has 0 unspecified atom stereocenters. The number of nitrogens with zero attached hydrogens (tertiary/aromatic N) is 1. The minimum absolute atomic E-state index is 0.0198. The Bertz CT molecular complexity index is 680. The third-order valence-electron chi connectivity index (χ3n) is 3.98. The molecule has 6 heteroatoms. The summed E-state index contributed by atoms with van der Waals surface area (Å²) < 4.78 is 0. The number of aliphatic hydroxyl groups excluding tert-OH is 1. The lowest BCUT2D eigenvalue weighted by Crippen LogP contribution is -2.33. The summed E-state index contributed by atoms with van der Waals surface area (Å²) in [5, 5.41) is 13.6. The third-order valence-corrected chi connectivity index (χ3v) is 4.68. The molecule has 0 bridgehead atoms. The molecule has 0 saturated carbocycles. The molecule has 3 rings (SSSR count). The summed E-state index contributed by atoms with van der Waals surface area (Å²) in [6, 6.07) is 5.21.